The summed E-state index contributed by atoms with van der Waals surface area (Å²) in [5, 5.41) is 6.98. The zero-order valence-corrected chi connectivity index (χ0v) is 15.5. The van der Waals surface area contributed by atoms with Crippen LogP contribution in [0.2, 0.25) is 5.02 Å². The molecule has 2 N–H and O–H groups in total. The first-order valence-corrected chi connectivity index (χ1v) is 9.08. The van der Waals surface area contributed by atoms with Crippen molar-refractivity contribution < 1.29 is 0 Å². The minimum Gasteiger partial charge on any atom is -0.379 e. The zero-order valence-electron chi connectivity index (χ0n) is 14.7. The quantitative estimate of drug-likeness (QED) is 0.551. The summed E-state index contributed by atoms with van der Waals surface area (Å²) >= 11 is 5.93. The minimum absolute atomic E-state index is 0.201. The van der Waals surface area contributed by atoms with Gasteiger partial charge in [0.25, 0.3) is 11.3 Å². The van der Waals surface area contributed by atoms with Crippen molar-refractivity contribution in [2.45, 2.75) is 19.9 Å². The number of benzene rings is 2. The number of aromatic amines is 1. The van der Waals surface area contributed by atoms with Crippen LogP contribution in [0.15, 0.2) is 59.4 Å². The van der Waals surface area contributed by atoms with Crippen LogP contribution < -0.4 is 10.9 Å². The zero-order chi connectivity index (χ0) is 18.8. The Kier molecular flexibility index (Phi) is 4.64. The van der Waals surface area contributed by atoms with Crippen molar-refractivity contribution in [1.29, 1.82) is 0 Å². The number of nitrogens with one attached hydrogen (secondary N) is 2. The molecule has 2 heterocycles. The summed E-state index contributed by atoms with van der Waals surface area (Å²) in [7, 11) is 0. The number of aryl methyl sites for hydroxylation is 1. The standard InChI is InChI=1S/C20H18ClN5O/c1-2-13-5-3-4-6-17(13)22-12-16-11-18(27)26-20(23-16)24-19(25-26)14-7-9-15(21)10-8-14/h3-11,22H,2,12H2,1H3,(H,23,24,25). The first-order chi connectivity index (χ1) is 13.1. The smallest absolute Gasteiger partial charge is 0.274 e. The van der Waals surface area contributed by atoms with E-state index < -0.39 is 0 Å². The van der Waals surface area contributed by atoms with E-state index in [-0.39, 0.29) is 5.56 Å². The highest BCUT2D eigenvalue weighted by Crippen LogP contribution is 2.19. The average molecular weight is 380 g/mol. The lowest BCUT2D eigenvalue weighted by atomic mass is 10.1. The number of aromatic nitrogens is 4. The number of fused-ring (bicyclic) bond motifs is 1. The Morgan fingerprint density at radius 1 is 1.11 bits per heavy atom. The van der Waals surface area contributed by atoms with Crippen molar-refractivity contribution in [1.82, 2.24) is 19.6 Å². The van der Waals surface area contributed by atoms with Gasteiger partial charge in [0.05, 0.1) is 12.2 Å². The summed E-state index contributed by atoms with van der Waals surface area (Å²) in [6.45, 7) is 2.56. The number of hydrogen-bond donors (Lipinski definition) is 2. The molecule has 2 aromatic carbocycles. The van der Waals surface area contributed by atoms with E-state index >= 15 is 0 Å². The fourth-order valence-corrected chi connectivity index (χ4v) is 3.07. The molecule has 0 aliphatic heterocycles. The van der Waals surface area contributed by atoms with E-state index in [9.17, 15) is 4.79 Å². The Bertz CT molecular complexity index is 1150. The molecule has 0 saturated heterocycles. The van der Waals surface area contributed by atoms with Crippen molar-refractivity contribution in [3.63, 3.8) is 0 Å². The fraction of sp³-hybridized carbons (Fsp3) is 0.150. The van der Waals surface area contributed by atoms with Crippen LogP contribution >= 0.6 is 11.6 Å². The molecule has 0 aliphatic rings. The summed E-state index contributed by atoms with van der Waals surface area (Å²) in [6, 6.07) is 16.9. The van der Waals surface area contributed by atoms with Gasteiger partial charge in [0.1, 0.15) is 0 Å². The van der Waals surface area contributed by atoms with Gasteiger partial charge in [-0.25, -0.2) is 4.98 Å². The van der Waals surface area contributed by atoms with Crippen LogP contribution in [0.4, 0.5) is 5.69 Å². The van der Waals surface area contributed by atoms with Gasteiger partial charge in [-0.05, 0) is 42.3 Å². The molecule has 0 unspecified atom stereocenters. The molecule has 0 radical (unpaired) electrons. The van der Waals surface area contributed by atoms with Gasteiger partial charge < -0.3 is 5.32 Å². The van der Waals surface area contributed by atoms with Crippen molar-refractivity contribution in [3.05, 3.63) is 81.2 Å². The van der Waals surface area contributed by atoms with Crippen molar-refractivity contribution in [2.24, 2.45) is 0 Å². The summed E-state index contributed by atoms with van der Waals surface area (Å²) in [6.07, 6.45) is 0.933. The van der Waals surface area contributed by atoms with Crippen molar-refractivity contribution in [2.75, 3.05) is 5.32 Å². The SMILES string of the molecule is CCc1ccccc1NCc1cc(=O)n2[nH]c(-c3ccc(Cl)cc3)nc2n1. The molecule has 27 heavy (non-hydrogen) atoms. The fourth-order valence-electron chi connectivity index (χ4n) is 2.94. The molecule has 7 heteroatoms. The second kappa shape index (κ2) is 7.25. The van der Waals surface area contributed by atoms with Gasteiger partial charge in [0, 0.05) is 22.3 Å². The Hall–Kier alpha value is -3.12. The van der Waals surface area contributed by atoms with Crippen LogP contribution in [0, 0.1) is 0 Å². The Morgan fingerprint density at radius 2 is 1.89 bits per heavy atom. The number of H-pyrrole nitrogens is 1. The highest BCUT2D eigenvalue weighted by atomic mass is 35.5. The minimum atomic E-state index is -0.201. The van der Waals surface area contributed by atoms with Crippen LogP contribution in [0.1, 0.15) is 18.2 Å². The lowest BCUT2D eigenvalue weighted by Gasteiger charge is -2.10. The molecule has 6 nitrogen and oxygen atoms in total. The lowest BCUT2D eigenvalue weighted by molar-refractivity contribution is 0.878. The molecule has 0 saturated carbocycles. The third-order valence-electron chi connectivity index (χ3n) is 4.36. The van der Waals surface area contributed by atoms with Gasteiger partial charge in [-0.3, -0.25) is 9.89 Å². The van der Waals surface area contributed by atoms with E-state index in [0.717, 1.165) is 17.7 Å². The van der Waals surface area contributed by atoms with E-state index in [1.807, 2.05) is 30.3 Å². The molecular weight excluding hydrogens is 362 g/mol. The lowest BCUT2D eigenvalue weighted by Crippen LogP contribution is -2.17. The van der Waals surface area contributed by atoms with Gasteiger partial charge in [0.15, 0.2) is 5.82 Å². The topological polar surface area (TPSA) is 75.1 Å². The molecular formula is C20H18ClN5O. The number of para-hydroxylation sites is 1. The van der Waals surface area contributed by atoms with Crippen molar-refractivity contribution in [3.8, 4) is 11.4 Å². The summed E-state index contributed by atoms with van der Waals surface area (Å²) in [5.74, 6) is 0.908. The molecule has 136 valence electrons. The number of anilines is 1. The second-order valence-electron chi connectivity index (χ2n) is 6.16. The third kappa shape index (κ3) is 3.57. The second-order valence-corrected chi connectivity index (χ2v) is 6.60. The highest BCUT2D eigenvalue weighted by Gasteiger charge is 2.10. The average Bonchev–Trinajstić information content (AvgIpc) is 3.12. The maximum absolute atomic E-state index is 12.4. The van der Waals surface area contributed by atoms with E-state index in [1.54, 1.807) is 12.1 Å². The predicted octanol–water partition coefficient (Wildman–Crippen LogP) is 3.91. The first kappa shape index (κ1) is 17.3. The predicted molar refractivity (Wildman–Crippen MR) is 107 cm³/mol. The molecule has 0 amide bonds. The molecule has 0 spiro atoms. The van der Waals surface area contributed by atoms with E-state index in [1.165, 1.54) is 16.1 Å². The third-order valence-corrected chi connectivity index (χ3v) is 4.61. The monoisotopic (exact) mass is 379 g/mol. The molecule has 4 aromatic rings. The van der Waals surface area contributed by atoms with Gasteiger partial charge in [-0.1, -0.05) is 36.7 Å². The van der Waals surface area contributed by atoms with Gasteiger partial charge in [-0.2, -0.15) is 9.50 Å². The van der Waals surface area contributed by atoms with Crippen LogP contribution in [-0.4, -0.2) is 19.6 Å². The summed E-state index contributed by atoms with van der Waals surface area (Å²) in [5.41, 5.74) is 3.54. The maximum atomic E-state index is 12.4. The number of nitrogens with zero attached hydrogens (tertiary/aromatic N) is 3. The van der Waals surface area contributed by atoms with Gasteiger partial charge >= 0.3 is 0 Å². The number of halogens is 1. The first-order valence-electron chi connectivity index (χ1n) is 8.70. The van der Waals surface area contributed by atoms with E-state index in [2.05, 4.69) is 33.4 Å². The maximum Gasteiger partial charge on any atom is 0.274 e. The van der Waals surface area contributed by atoms with Gasteiger partial charge in [-0.15, -0.1) is 0 Å². The Balaban J connectivity index is 1.63. The van der Waals surface area contributed by atoms with Crippen LogP contribution in [0.5, 0.6) is 0 Å². The number of rotatable bonds is 5. The van der Waals surface area contributed by atoms with Gasteiger partial charge in [0.2, 0.25) is 0 Å². The Labute approximate surface area is 160 Å². The summed E-state index contributed by atoms with van der Waals surface area (Å²) in [4.78, 5) is 21.4. The molecule has 2 aromatic heterocycles. The molecule has 0 aliphatic carbocycles. The molecule has 0 fully saturated rings. The van der Waals surface area contributed by atoms with Crippen LogP contribution in [-0.2, 0) is 13.0 Å². The van der Waals surface area contributed by atoms with Crippen LogP contribution in [0.25, 0.3) is 17.2 Å². The molecule has 0 atom stereocenters. The molecule has 4 rings (SSSR count). The summed E-state index contributed by atoms with van der Waals surface area (Å²) < 4.78 is 1.34. The van der Waals surface area contributed by atoms with Crippen LogP contribution in [0.3, 0.4) is 0 Å². The number of hydrogen-bond acceptors (Lipinski definition) is 4. The largest absolute Gasteiger partial charge is 0.379 e. The molecule has 0 bridgehead atoms. The van der Waals surface area contributed by atoms with E-state index in [4.69, 9.17) is 11.6 Å². The van der Waals surface area contributed by atoms with Crippen molar-refractivity contribution >= 4 is 23.1 Å². The highest BCUT2D eigenvalue weighted by molar-refractivity contribution is 6.30. The normalized spacial score (nSPS) is 11.0. The Morgan fingerprint density at radius 3 is 2.67 bits per heavy atom. The van der Waals surface area contributed by atoms with E-state index in [0.29, 0.717) is 28.9 Å².